The van der Waals surface area contributed by atoms with E-state index < -0.39 is 5.97 Å². The lowest BCUT2D eigenvalue weighted by atomic mass is 10.2. The number of nitrogens with two attached hydrogens (primary N) is 1. The Morgan fingerprint density at radius 3 is 2.84 bits per heavy atom. The Hall–Kier alpha value is -1.31. The molecule has 0 aliphatic heterocycles. The summed E-state index contributed by atoms with van der Waals surface area (Å²) in [6.45, 7) is 2.34. The summed E-state index contributed by atoms with van der Waals surface area (Å²) in [6.07, 6.45) is 1.91. The molecule has 6 heteroatoms. The van der Waals surface area contributed by atoms with Gasteiger partial charge in [0.15, 0.2) is 6.61 Å². The minimum Gasteiger partial charge on any atom is -0.452 e. The molecular formula is C13H17IN2O3. The van der Waals surface area contributed by atoms with E-state index in [1.807, 2.05) is 6.92 Å². The van der Waals surface area contributed by atoms with E-state index in [1.54, 1.807) is 18.2 Å². The van der Waals surface area contributed by atoms with Gasteiger partial charge in [0.25, 0.3) is 5.91 Å². The third kappa shape index (κ3) is 5.46. The van der Waals surface area contributed by atoms with Crippen molar-refractivity contribution in [1.82, 2.24) is 5.32 Å². The van der Waals surface area contributed by atoms with Gasteiger partial charge in [-0.3, -0.25) is 4.79 Å². The van der Waals surface area contributed by atoms with Crippen molar-refractivity contribution >= 4 is 40.2 Å². The summed E-state index contributed by atoms with van der Waals surface area (Å²) in [7, 11) is 0. The number of rotatable bonds is 6. The number of ether oxygens (including phenoxy) is 1. The number of carbonyl (C=O) groups is 2. The van der Waals surface area contributed by atoms with Gasteiger partial charge in [0.05, 0.1) is 5.56 Å². The van der Waals surface area contributed by atoms with Gasteiger partial charge < -0.3 is 15.8 Å². The standard InChI is InChI=1S/C13H17IN2O3/c1-2-3-6-16-12(17)8-19-13(18)10-7-9(14)4-5-11(10)15/h4-5,7H,2-3,6,8,15H2,1H3,(H,16,17). The summed E-state index contributed by atoms with van der Waals surface area (Å²) in [5.41, 5.74) is 6.32. The molecule has 0 bridgehead atoms. The molecule has 0 radical (unpaired) electrons. The maximum atomic E-state index is 11.8. The molecule has 0 saturated heterocycles. The van der Waals surface area contributed by atoms with Gasteiger partial charge in [-0.1, -0.05) is 13.3 Å². The van der Waals surface area contributed by atoms with Crippen molar-refractivity contribution in [3.63, 3.8) is 0 Å². The van der Waals surface area contributed by atoms with Crippen LogP contribution in [0.15, 0.2) is 18.2 Å². The van der Waals surface area contributed by atoms with E-state index in [-0.39, 0.29) is 18.1 Å². The molecule has 0 atom stereocenters. The van der Waals surface area contributed by atoms with E-state index in [4.69, 9.17) is 10.5 Å². The van der Waals surface area contributed by atoms with E-state index in [1.165, 1.54) is 0 Å². The van der Waals surface area contributed by atoms with Crippen LogP contribution in [-0.2, 0) is 9.53 Å². The largest absolute Gasteiger partial charge is 0.452 e. The molecule has 1 aromatic carbocycles. The average Bonchev–Trinajstić information content (AvgIpc) is 2.39. The quantitative estimate of drug-likeness (QED) is 0.344. The third-order valence-electron chi connectivity index (χ3n) is 2.42. The first-order valence-corrected chi connectivity index (χ1v) is 7.11. The number of hydrogen-bond donors (Lipinski definition) is 2. The summed E-state index contributed by atoms with van der Waals surface area (Å²) in [4.78, 5) is 23.2. The molecule has 5 nitrogen and oxygen atoms in total. The fraction of sp³-hybridized carbons (Fsp3) is 0.385. The highest BCUT2D eigenvalue weighted by molar-refractivity contribution is 14.1. The Bertz CT molecular complexity index is 463. The minimum atomic E-state index is -0.582. The number of unbranched alkanes of at least 4 members (excludes halogenated alkanes) is 1. The van der Waals surface area contributed by atoms with Gasteiger partial charge in [0, 0.05) is 15.8 Å². The summed E-state index contributed by atoms with van der Waals surface area (Å²) in [5.74, 6) is -0.882. The van der Waals surface area contributed by atoms with Crippen molar-refractivity contribution in [3.05, 3.63) is 27.3 Å². The number of benzene rings is 1. The molecule has 0 spiro atoms. The zero-order chi connectivity index (χ0) is 14.3. The van der Waals surface area contributed by atoms with E-state index in [0.717, 1.165) is 16.4 Å². The number of nitrogens with one attached hydrogen (secondary N) is 1. The minimum absolute atomic E-state index is 0.284. The van der Waals surface area contributed by atoms with Gasteiger partial charge >= 0.3 is 5.97 Å². The van der Waals surface area contributed by atoms with Gasteiger partial charge in [-0.15, -0.1) is 0 Å². The predicted octanol–water partition coefficient (Wildman–Crippen LogP) is 1.95. The van der Waals surface area contributed by atoms with E-state index in [2.05, 4.69) is 27.9 Å². The lowest BCUT2D eigenvalue weighted by Gasteiger charge is -2.08. The first-order valence-electron chi connectivity index (χ1n) is 6.03. The normalized spacial score (nSPS) is 10.0. The lowest BCUT2D eigenvalue weighted by Crippen LogP contribution is -2.29. The van der Waals surface area contributed by atoms with Gasteiger partial charge in [-0.2, -0.15) is 0 Å². The van der Waals surface area contributed by atoms with Gasteiger partial charge in [0.1, 0.15) is 0 Å². The fourth-order valence-corrected chi connectivity index (χ4v) is 1.86. The van der Waals surface area contributed by atoms with Gasteiger partial charge in [-0.05, 0) is 47.2 Å². The number of anilines is 1. The van der Waals surface area contributed by atoms with Crippen molar-refractivity contribution in [1.29, 1.82) is 0 Å². The zero-order valence-corrected chi connectivity index (χ0v) is 12.9. The van der Waals surface area contributed by atoms with Crippen molar-refractivity contribution in [2.75, 3.05) is 18.9 Å². The summed E-state index contributed by atoms with van der Waals surface area (Å²) >= 11 is 2.08. The van der Waals surface area contributed by atoms with Crippen molar-refractivity contribution in [2.45, 2.75) is 19.8 Å². The number of amides is 1. The second-order valence-electron chi connectivity index (χ2n) is 4.01. The molecule has 0 unspecified atom stereocenters. The van der Waals surface area contributed by atoms with Crippen LogP contribution < -0.4 is 11.1 Å². The summed E-state index contributed by atoms with van der Waals surface area (Å²) in [5, 5.41) is 2.67. The average molecular weight is 376 g/mol. The molecule has 104 valence electrons. The van der Waals surface area contributed by atoms with Crippen LogP contribution in [0.25, 0.3) is 0 Å². The summed E-state index contributed by atoms with van der Waals surface area (Å²) in [6, 6.07) is 5.07. The van der Waals surface area contributed by atoms with E-state index in [9.17, 15) is 9.59 Å². The Balaban J connectivity index is 2.47. The first-order chi connectivity index (χ1) is 9.04. The molecule has 1 amide bonds. The molecule has 0 fully saturated rings. The zero-order valence-electron chi connectivity index (χ0n) is 10.7. The Morgan fingerprint density at radius 2 is 2.16 bits per heavy atom. The lowest BCUT2D eigenvalue weighted by molar-refractivity contribution is -0.124. The van der Waals surface area contributed by atoms with Crippen molar-refractivity contribution < 1.29 is 14.3 Å². The molecular weight excluding hydrogens is 359 g/mol. The Morgan fingerprint density at radius 1 is 1.42 bits per heavy atom. The highest BCUT2D eigenvalue weighted by Crippen LogP contribution is 2.16. The number of esters is 1. The fourth-order valence-electron chi connectivity index (χ4n) is 1.37. The molecule has 19 heavy (non-hydrogen) atoms. The molecule has 0 aliphatic rings. The van der Waals surface area contributed by atoms with E-state index >= 15 is 0 Å². The third-order valence-corrected chi connectivity index (χ3v) is 3.09. The maximum absolute atomic E-state index is 11.8. The van der Waals surface area contributed by atoms with E-state index in [0.29, 0.717) is 12.2 Å². The number of carbonyl (C=O) groups excluding carboxylic acids is 2. The highest BCUT2D eigenvalue weighted by atomic mass is 127. The Labute approximate surface area is 126 Å². The smallest absolute Gasteiger partial charge is 0.340 e. The topological polar surface area (TPSA) is 81.4 Å². The molecule has 3 N–H and O–H groups in total. The highest BCUT2D eigenvalue weighted by Gasteiger charge is 2.13. The number of halogens is 1. The van der Waals surface area contributed by atoms with Gasteiger partial charge in [0.2, 0.25) is 0 Å². The van der Waals surface area contributed by atoms with Crippen LogP contribution in [0.2, 0.25) is 0 Å². The maximum Gasteiger partial charge on any atom is 0.340 e. The van der Waals surface area contributed by atoms with Crippen molar-refractivity contribution in [2.24, 2.45) is 0 Å². The van der Waals surface area contributed by atoms with Crippen LogP contribution in [0.1, 0.15) is 30.1 Å². The molecule has 0 saturated carbocycles. The second-order valence-corrected chi connectivity index (χ2v) is 5.26. The van der Waals surface area contributed by atoms with Crippen LogP contribution in [0.3, 0.4) is 0 Å². The van der Waals surface area contributed by atoms with Crippen LogP contribution in [0.4, 0.5) is 5.69 Å². The van der Waals surface area contributed by atoms with Gasteiger partial charge in [-0.25, -0.2) is 4.79 Å². The number of hydrogen-bond acceptors (Lipinski definition) is 4. The predicted molar refractivity (Wildman–Crippen MR) is 81.8 cm³/mol. The van der Waals surface area contributed by atoms with Crippen LogP contribution in [0, 0.1) is 3.57 Å². The Kier molecular flexibility index (Phi) is 6.61. The summed E-state index contributed by atoms with van der Waals surface area (Å²) < 4.78 is 5.80. The SMILES string of the molecule is CCCCNC(=O)COC(=O)c1cc(I)ccc1N. The second kappa shape index (κ2) is 7.98. The number of nitrogen functional groups attached to an aromatic ring is 1. The van der Waals surface area contributed by atoms with Crippen molar-refractivity contribution in [3.8, 4) is 0 Å². The molecule has 1 aromatic rings. The van der Waals surface area contributed by atoms with Crippen LogP contribution in [0.5, 0.6) is 0 Å². The first kappa shape index (κ1) is 15.7. The molecule has 0 aromatic heterocycles. The van der Waals surface area contributed by atoms with Crippen LogP contribution in [-0.4, -0.2) is 25.0 Å². The molecule has 1 rings (SSSR count). The molecule has 0 heterocycles. The van der Waals surface area contributed by atoms with Crippen LogP contribution >= 0.6 is 22.6 Å². The monoisotopic (exact) mass is 376 g/mol. The molecule has 0 aliphatic carbocycles.